The van der Waals surface area contributed by atoms with Crippen molar-refractivity contribution in [3.63, 3.8) is 0 Å². The van der Waals surface area contributed by atoms with E-state index < -0.39 is 24.3 Å². The molecule has 0 aromatic heterocycles. The maximum Gasteiger partial charge on any atom is 0.254 e. The molecule has 3 fully saturated rings. The fraction of sp³-hybridized carbons (Fsp3) is 0.923. The van der Waals surface area contributed by atoms with Gasteiger partial charge in [0.15, 0.2) is 18.2 Å². The number of morpholine rings is 1. The van der Waals surface area contributed by atoms with Crippen LogP contribution in [0, 0.1) is 0 Å². The van der Waals surface area contributed by atoms with Crippen LogP contribution in [0.4, 0.5) is 0 Å². The number of ether oxygens (including phenoxy) is 5. The molecule has 0 spiro atoms. The summed E-state index contributed by atoms with van der Waals surface area (Å²) in [4.78, 5) is 14.3. The summed E-state index contributed by atoms with van der Waals surface area (Å²) in [6.07, 6.45) is -2.04. The SMILES string of the molecule is CO[C@@H]1O[C@H](C(=O)N2CCOCC2)[C@H]2OC(C)(C)O[C@@H]12. The van der Waals surface area contributed by atoms with Crippen molar-refractivity contribution in [3.8, 4) is 0 Å². The average Bonchev–Trinajstić information content (AvgIpc) is 2.92. The number of rotatable bonds is 2. The average molecular weight is 287 g/mol. The molecule has 0 unspecified atom stereocenters. The third-order valence-corrected chi connectivity index (χ3v) is 3.81. The molecule has 3 saturated heterocycles. The van der Waals surface area contributed by atoms with Crippen molar-refractivity contribution < 1.29 is 28.5 Å². The number of hydrogen-bond donors (Lipinski definition) is 0. The maximum atomic E-state index is 12.6. The molecule has 4 atom stereocenters. The minimum atomic E-state index is -0.723. The Morgan fingerprint density at radius 3 is 2.50 bits per heavy atom. The Bertz CT molecular complexity index is 381. The number of methoxy groups -OCH3 is 1. The van der Waals surface area contributed by atoms with Gasteiger partial charge in [-0.25, -0.2) is 0 Å². The summed E-state index contributed by atoms with van der Waals surface area (Å²) in [6, 6.07) is 0. The molecule has 0 radical (unpaired) electrons. The number of carbonyl (C=O) groups excluding carboxylic acids is 1. The molecule has 3 aliphatic rings. The van der Waals surface area contributed by atoms with Crippen LogP contribution in [0.1, 0.15) is 13.8 Å². The Hall–Kier alpha value is -0.730. The number of fused-ring (bicyclic) bond motifs is 1. The first-order valence-corrected chi connectivity index (χ1v) is 6.92. The van der Waals surface area contributed by atoms with Crippen LogP contribution in [0.5, 0.6) is 0 Å². The van der Waals surface area contributed by atoms with Crippen LogP contribution in [0.15, 0.2) is 0 Å². The van der Waals surface area contributed by atoms with E-state index in [0.717, 1.165) is 0 Å². The molecule has 3 aliphatic heterocycles. The zero-order chi connectivity index (χ0) is 14.3. The molecule has 0 saturated carbocycles. The van der Waals surface area contributed by atoms with Gasteiger partial charge < -0.3 is 28.6 Å². The van der Waals surface area contributed by atoms with Crippen molar-refractivity contribution in [2.75, 3.05) is 33.4 Å². The van der Waals surface area contributed by atoms with Crippen molar-refractivity contribution in [3.05, 3.63) is 0 Å². The van der Waals surface area contributed by atoms with Crippen LogP contribution in [0.25, 0.3) is 0 Å². The van der Waals surface area contributed by atoms with Gasteiger partial charge in [-0.1, -0.05) is 0 Å². The Balaban J connectivity index is 1.74. The second-order valence-corrected chi connectivity index (χ2v) is 5.66. The van der Waals surface area contributed by atoms with Gasteiger partial charge in [0, 0.05) is 20.2 Å². The largest absolute Gasteiger partial charge is 0.378 e. The fourth-order valence-corrected chi connectivity index (χ4v) is 2.91. The summed E-state index contributed by atoms with van der Waals surface area (Å²) < 4.78 is 27.8. The van der Waals surface area contributed by atoms with Crippen molar-refractivity contribution in [2.45, 2.75) is 44.2 Å². The van der Waals surface area contributed by atoms with Gasteiger partial charge in [-0.3, -0.25) is 4.79 Å². The summed E-state index contributed by atoms with van der Waals surface area (Å²) in [6.45, 7) is 5.94. The Morgan fingerprint density at radius 1 is 1.20 bits per heavy atom. The second-order valence-electron chi connectivity index (χ2n) is 5.66. The number of nitrogens with zero attached hydrogens (tertiary/aromatic N) is 1. The first-order chi connectivity index (χ1) is 9.52. The fourth-order valence-electron chi connectivity index (χ4n) is 2.91. The quantitative estimate of drug-likeness (QED) is 0.697. The summed E-state index contributed by atoms with van der Waals surface area (Å²) >= 11 is 0. The van der Waals surface area contributed by atoms with E-state index in [1.807, 2.05) is 13.8 Å². The van der Waals surface area contributed by atoms with E-state index in [9.17, 15) is 4.79 Å². The molecule has 0 bridgehead atoms. The molecule has 3 heterocycles. The lowest BCUT2D eigenvalue weighted by molar-refractivity contribution is -0.228. The summed E-state index contributed by atoms with van der Waals surface area (Å²) in [5.74, 6) is -0.802. The van der Waals surface area contributed by atoms with Gasteiger partial charge in [-0.2, -0.15) is 0 Å². The normalized spacial score (nSPS) is 39.9. The lowest BCUT2D eigenvalue weighted by Gasteiger charge is -2.30. The molecule has 0 aromatic rings. The van der Waals surface area contributed by atoms with Gasteiger partial charge in [0.1, 0.15) is 12.2 Å². The van der Waals surface area contributed by atoms with E-state index >= 15 is 0 Å². The van der Waals surface area contributed by atoms with Crippen LogP contribution in [0.2, 0.25) is 0 Å². The van der Waals surface area contributed by atoms with E-state index in [4.69, 9.17) is 23.7 Å². The van der Waals surface area contributed by atoms with Crippen LogP contribution in [-0.2, 0) is 28.5 Å². The summed E-state index contributed by atoms with van der Waals surface area (Å²) in [5, 5.41) is 0. The van der Waals surface area contributed by atoms with E-state index in [1.54, 1.807) is 4.90 Å². The van der Waals surface area contributed by atoms with Crippen molar-refractivity contribution in [2.24, 2.45) is 0 Å². The molecule has 20 heavy (non-hydrogen) atoms. The summed E-state index contributed by atoms with van der Waals surface area (Å²) in [7, 11) is 1.54. The first-order valence-electron chi connectivity index (χ1n) is 6.92. The standard InChI is InChI=1S/C13H21NO6/c1-13(2)19-8-9(18-12(16-3)10(8)20-13)11(15)14-4-6-17-7-5-14/h8-10,12H,4-7H2,1-3H3/t8-,9+,10-,12-/m1/s1. The Morgan fingerprint density at radius 2 is 1.85 bits per heavy atom. The third kappa shape index (κ3) is 2.44. The van der Waals surface area contributed by atoms with Crippen LogP contribution in [0.3, 0.4) is 0 Å². The molecule has 7 nitrogen and oxygen atoms in total. The van der Waals surface area contributed by atoms with Crippen LogP contribution in [-0.4, -0.2) is 74.6 Å². The zero-order valence-electron chi connectivity index (χ0n) is 12.0. The minimum Gasteiger partial charge on any atom is -0.378 e. The number of amides is 1. The van der Waals surface area contributed by atoms with Gasteiger partial charge in [0.05, 0.1) is 13.2 Å². The van der Waals surface area contributed by atoms with Gasteiger partial charge in [0.25, 0.3) is 5.91 Å². The van der Waals surface area contributed by atoms with Gasteiger partial charge in [0.2, 0.25) is 0 Å². The predicted molar refractivity (Wildman–Crippen MR) is 66.9 cm³/mol. The topological polar surface area (TPSA) is 66.5 Å². The van der Waals surface area contributed by atoms with Crippen molar-refractivity contribution >= 4 is 5.91 Å². The molecule has 0 aromatic carbocycles. The molecular formula is C13H21NO6. The highest BCUT2D eigenvalue weighted by atomic mass is 16.8. The van der Waals surface area contributed by atoms with E-state index in [2.05, 4.69) is 0 Å². The highest BCUT2D eigenvalue weighted by Crippen LogP contribution is 2.39. The highest BCUT2D eigenvalue weighted by molar-refractivity contribution is 5.82. The van der Waals surface area contributed by atoms with Gasteiger partial charge in [-0.15, -0.1) is 0 Å². The zero-order valence-corrected chi connectivity index (χ0v) is 12.0. The predicted octanol–water partition coefficient (Wildman–Crippen LogP) is -0.263. The maximum absolute atomic E-state index is 12.6. The Kier molecular flexibility index (Phi) is 3.72. The molecule has 0 N–H and O–H groups in total. The number of hydrogen-bond acceptors (Lipinski definition) is 6. The van der Waals surface area contributed by atoms with Gasteiger partial charge in [-0.05, 0) is 13.8 Å². The molecule has 1 amide bonds. The van der Waals surface area contributed by atoms with Crippen LogP contribution >= 0.6 is 0 Å². The Labute approximate surface area is 118 Å². The highest BCUT2D eigenvalue weighted by Gasteiger charge is 2.58. The first kappa shape index (κ1) is 14.2. The monoisotopic (exact) mass is 287 g/mol. The lowest BCUT2D eigenvalue weighted by Crippen LogP contribution is -2.49. The van der Waals surface area contributed by atoms with Crippen molar-refractivity contribution in [1.29, 1.82) is 0 Å². The third-order valence-electron chi connectivity index (χ3n) is 3.81. The van der Waals surface area contributed by atoms with Gasteiger partial charge >= 0.3 is 0 Å². The molecule has 114 valence electrons. The van der Waals surface area contributed by atoms with E-state index in [0.29, 0.717) is 26.3 Å². The molecule has 7 heteroatoms. The van der Waals surface area contributed by atoms with Crippen LogP contribution < -0.4 is 0 Å². The lowest BCUT2D eigenvalue weighted by atomic mass is 10.1. The van der Waals surface area contributed by atoms with E-state index in [-0.39, 0.29) is 12.0 Å². The summed E-state index contributed by atoms with van der Waals surface area (Å²) in [5.41, 5.74) is 0. The molecule has 0 aliphatic carbocycles. The second kappa shape index (κ2) is 5.23. The van der Waals surface area contributed by atoms with E-state index in [1.165, 1.54) is 7.11 Å². The molecular weight excluding hydrogens is 266 g/mol. The smallest absolute Gasteiger partial charge is 0.254 e. The minimum absolute atomic E-state index is 0.0795. The molecule has 3 rings (SSSR count). The number of carbonyl (C=O) groups is 1. The van der Waals surface area contributed by atoms with Crippen molar-refractivity contribution in [1.82, 2.24) is 4.90 Å².